The average Bonchev–Trinajstić information content (AvgIpc) is 2.61. The van der Waals surface area contributed by atoms with Gasteiger partial charge in [-0.05, 0) is 18.2 Å². The maximum Gasteiger partial charge on any atom is 0.211 e. The van der Waals surface area contributed by atoms with Gasteiger partial charge in [0.15, 0.2) is 11.4 Å². The van der Waals surface area contributed by atoms with Gasteiger partial charge in [0.2, 0.25) is 5.69 Å². The lowest BCUT2D eigenvalue weighted by molar-refractivity contribution is -0.607. The van der Waals surface area contributed by atoms with Crippen molar-refractivity contribution in [3.05, 3.63) is 59.4 Å². The number of methoxy groups -OCH3 is 2. The summed E-state index contributed by atoms with van der Waals surface area (Å²) in [5.41, 5.74) is 3.84. The number of benzene rings is 2. The molecule has 0 atom stereocenters. The number of rotatable bonds is 3. The third kappa shape index (κ3) is 2.55. The van der Waals surface area contributed by atoms with Crippen LogP contribution >= 0.6 is 0 Å². The number of hydrogen-bond donors (Lipinski definition) is 0. The molecule has 0 aliphatic carbocycles. The average molecular weight is 319 g/mol. The Morgan fingerprint density at radius 3 is 2.25 bits per heavy atom. The Kier molecular flexibility index (Phi) is 4.09. The molecule has 0 N–H and O–H groups in total. The van der Waals surface area contributed by atoms with Crippen LogP contribution in [0.2, 0.25) is 0 Å². The molecule has 2 aromatic carbocycles. The van der Waals surface area contributed by atoms with E-state index in [9.17, 15) is 0 Å². The van der Waals surface area contributed by atoms with Gasteiger partial charge in [0, 0.05) is 43.5 Å². The first-order valence-electron chi connectivity index (χ1n) is 7.67. The van der Waals surface area contributed by atoms with E-state index in [0.717, 1.165) is 39.3 Å². The molecule has 1 aromatic heterocycles. The van der Waals surface area contributed by atoms with Crippen LogP contribution in [-0.4, -0.2) is 14.2 Å². The molecule has 0 saturated carbocycles. The molecule has 1 heterocycles. The Balaban J connectivity index is 2.31. The van der Waals surface area contributed by atoms with Gasteiger partial charge in [-0.15, -0.1) is 0 Å². The van der Waals surface area contributed by atoms with Crippen LogP contribution in [0.5, 0.6) is 11.5 Å². The molecule has 0 saturated heterocycles. The maximum absolute atomic E-state index is 8.98. The molecule has 0 spiro atoms. The van der Waals surface area contributed by atoms with Crippen LogP contribution in [-0.2, 0) is 0 Å². The summed E-state index contributed by atoms with van der Waals surface area (Å²) in [4.78, 5) is 0. The predicted molar refractivity (Wildman–Crippen MR) is 92.8 cm³/mol. The molecule has 0 aliphatic rings. The number of aryl methyl sites for hydroxylation is 2. The van der Waals surface area contributed by atoms with Crippen LogP contribution in [0, 0.1) is 25.2 Å². The summed E-state index contributed by atoms with van der Waals surface area (Å²) in [5.74, 6) is 1.55. The molecule has 120 valence electrons. The van der Waals surface area contributed by atoms with Crippen LogP contribution in [0.25, 0.3) is 16.5 Å². The summed E-state index contributed by atoms with van der Waals surface area (Å²) in [7, 11) is 3.32. The Morgan fingerprint density at radius 1 is 0.958 bits per heavy atom. The van der Waals surface area contributed by atoms with Gasteiger partial charge in [-0.3, -0.25) is 0 Å². The number of ether oxygens (including phenoxy) is 2. The van der Waals surface area contributed by atoms with Crippen molar-refractivity contribution in [2.45, 2.75) is 13.8 Å². The van der Waals surface area contributed by atoms with Crippen LogP contribution < -0.4 is 14.0 Å². The first-order chi connectivity index (χ1) is 11.6. The normalized spacial score (nSPS) is 10.5. The van der Waals surface area contributed by atoms with E-state index in [2.05, 4.69) is 30.6 Å². The van der Waals surface area contributed by atoms with Gasteiger partial charge in [0.1, 0.15) is 11.5 Å². The Morgan fingerprint density at radius 2 is 1.67 bits per heavy atom. The molecular formula is C20H19N2O2+. The second-order valence-corrected chi connectivity index (χ2v) is 5.66. The van der Waals surface area contributed by atoms with Crippen LogP contribution in [0.3, 0.4) is 0 Å². The van der Waals surface area contributed by atoms with E-state index < -0.39 is 0 Å². The zero-order valence-corrected chi connectivity index (χ0v) is 14.3. The minimum atomic E-state index is 0.651. The van der Waals surface area contributed by atoms with Gasteiger partial charge in [-0.1, -0.05) is 0 Å². The van der Waals surface area contributed by atoms with Crippen molar-refractivity contribution in [3.8, 4) is 23.3 Å². The van der Waals surface area contributed by atoms with Crippen LogP contribution in [0.4, 0.5) is 0 Å². The van der Waals surface area contributed by atoms with Gasteiger partial charge in [-0.2, -0.15) is 9.83 Å². The van der Waals surface area contributed by atoms with E-state index in [1.807, 2.05) is 36.4 Å². The Labute approximate surface area is 141 Å². The van der Waals surface area contributed by atoms with Crippen LogP contribution in [0.1, 0.15) is 17.0 Å². The zero-order valence-electron chi connectivity index (χ0n) is 14.3. The fourth-order valence-corrected chi connectivity index (χ4v) is 3.14. The van der Waals surface area contributed by atoms with Gasteiger partial charge in [-0.25, -0.2) is 0 Å². The van der Waals surface area contributed by atoms with Crippen molar-refractivity contribution >= 4 is 10.8 Å². The molecule has 0 amide bonds. The van der Waals surface area contributed by atoms with Crippen LogP contribution in [0.15, 0.2) is 42.5 Å². The maximum atomic E-state index is 8.98. The molecule has 4 nitrogen and oxygen atoms in total. The fourth-order valence-electron chi connectivity index (χ4n) is 3.14. The minimum absolute atomic E-state index is 0.651. The molecule has 3 aromatic rings. The first kappa shape index (κ1) is 15.8. The second kappa shape index (κ2) is 6.21. The van der Waals surface area contributed by atoms with Crippen molar-refractivity contribution in [2.24, 2.45) is 0 Å². The number of nitriles is 1. The molecule has 24 heavy (non-hydrogen) atoms. The first-order valence-corrected chi connectivity index (χ1v) is 7.67. The summed E-state index contributed by atoms with van der Waals surface area (Å²) in [6, 6.07) is 15.8. The molecular weight excluding hydrogens is 300 g/mol. The summed E-state index contributed by atoms with van der Waals surface area (Å²) < 4.78 is 13.1. The van der Waals surface area contributed by atoms with Gasteiger partial charge >= 0.3 is 0 Å². The minimum Gasteiger partial charge on any atom is -0.497 e. The fraction of sp³-hybridized carbons (Fsp3) is 0.200. The van der Waals surface area contributed by atoms with E-state index >= 15 is 0 Å². The number of hydrogen-bond acceptors (Lipinski definition) is 3. The molecule has 4 heteroatoms. The summed E-state index contributed by atoms with van der Waals surface area (Å²) >= 11 is 0. The Hall–Kier alpha value is -3.06. The third-order valence-electron chi connectivity index (χ3n) is 4.23. The van der Waals surface area contributed by atoms with Crippen molar-refractivity contribution in [1.82, 2.24) is 0 Å². The summed E-state index contributed by atoms with van der Waals surface area (Å²) in [6.07, 6.45) is 0. The van der Waals surface area contributed by atoms with Crippen molar-refractivity contribution in [1.29, 1.82) is 5.26 Å². The third-order valence-corrected chi connectivity index (χ3v) is 4.23. The zero-order chi connectivity index (χ0) is 17.3. The molecule has 3 rings (SSSR count). The highest BCUT2D eigenvalue weighted by molar-refractivity contribution is 5.91. The van der Waals surface area contributed by atoms with Crippen molar-refractivity contribution in [3.63, 3.8) is 0 Å². The van der Waals surface area contributed by atoms with E-state index in [0.29, 0.717) is 5.56 Å². The Bertz CT molecular complexity index is 954. The number of pyridine rings is 1. The quantitative estimate of drug-likeness (QED) is 0.693. The monoisotopic (exact) mass is 319 g/mol. The van der Waals surface area contributed by atoms with Crippen molar-refractivity contribution in [2.75, 3.05) is 14.2 Å². The van der Waals surface area contributed by atoms with Gasteiger partial charge in [0.25, 0.3) is 0 Å². The number of fused-ring (bicyclic) bond motifs is 1. The van der Waals surface area contributed by atoms with Crippen molar-refractivity contribution < 1.29 is 14.0 Å². The lowest BCUT2D eigenvalue weighted by Gasteiger charge is -2.12. The second-order valence-electron chi connectivity index (χ2n) is 5.66. The topological polar surface area (TPSA) is 46.1 Å². The summed E-state index contributed by atoms with van der Waals surface area (Å²) in [5, 5.41) is 11.1. The lowest BCUT2D eigenvalue weighted by atomic mass is 10.1. The molecule has 0 aliphatic heterocycles. The molecule has 0 radical (unpaired) electrons. The molecule has 0 bridgehead atoms. The van der Waals surface area contributed by atoms with E-state index in [1.165, 1.54) is 0 Å². The number of aromatic nitrogens is 1. The van der Waals surface area contributed by atoms with E-state index in [-0.39, 0.29) is 0 Å². The lowest BCUT2D eigenvalue weighted by Crippen LogP contribution is -2.37. The van der Waals surface area contributed by atoms with Gasteiger partial charge in [0.05, 0.1) is 31.2 Å². The summed E-state index contributed by atoms with van der Waals surface area (Å²) in [6.45, 7) is 4.14. The van der Waals surface area contributed by atoms with Gasteiger partial charge < -0.3 is 9.47 Å². The smallest absolute Gasteiger partial charge is 0.211 e. The molecule has 0 fully saturated rings. The highest BCUT2D eigenvalue weighted by Gasteiger charge is 2.21. The van der Waals surface area contributed by atoms with E-state index in [1.54, 1.807) is 14.2 Å². The molecule has 0 unspecified atom stereocenters. The highest BCUT2D eigenvalue weighted by Crippen LogP contribution is 2.33. The standard InChI is InChI=1S/C20H19N2O2/c1-13-9-16-10-18(23-3)11-19(24-4)20(16)14(2)22(13)17-7-5-15(12-21)6-8-17/h5-11H,1-4H3/q+1. The predicted octanol–water partition coefficient (Wildman–Crippen LogP) is 3.62. The SMILES string of the molecule is COc1cc(OC)c2c(C)[n+](-c3ccc(C#N)cc3)c(C)cc2c1. The number of nitrogens with zero attached hydrogens (tertiary/aromatic N) is 2. The highest BCUT2D eigenvalue weighted by atomic mass is 16.5. The largest absolute Gasteiger partial charge is 0.497 e. The van der Waals surface area contributed by atoms with E-state index in [4.69, 9.17) is 14.7 Å².